The van der Waals surface area contributed by atoms with E-state index in [2.05, 4.69) is 5.32 Å². The summed E-state index contributed by atoms with van der Waals surface area (Å²) >= 11 is 2.71. The van der Waals surface area contributed by atoms with Gasteiger partial charge in [-0.2, -0.15) is 0 Å². The second-order valence-electron chi connectivity index (χ2n) is 4.31. The lowest BCUT2D eigenvalue weighted by Crippen LogP contribution is -2.32. The topological polar surface area (TPSA) is 66.4 Å². The summed E-state index contributed by atoms with van der Waals surface area (Å²) in [5, 5.41) is 13.6. The summed E-state index contributed by atoms with van der Waals surface area (Å²) in [4.78, 5) is 25.7. The van der Waals surface area contributed by atoms with Gasteiger partial charge in [0, 0.05) is 9.75 Å². The molecule has 0 aliphatic carbocycles. The van der Waals surface area contributed by atoms with Crippen LogP contribution < -0.4 is 5.32 Å². The summed E-state index contributed by atoms with van der Waals surface area (Å²) in [5.41, 5.74) is 1.13. The molecule has 0 saturated carbocycles. The lowest BCUT2D eigenvalue weighted by molar-refractivity contribution is -0.139. The van der Waals surface area contributed by atoms with Gasteiger partial charge in [0.2, 0.25) is 0 Å². The Morgan fingerprint density at radius 1 is 1.45 bits per heavy atom. The Hall–Kier alpha value is -1.66. The largest absolute Gasteiger partial charge is 0.479 e. The maximum Gasteiger partial charge on any atom is 0.331 e. The van der Waals surface area contributed by atoms with Crippen LogP contribution in [0.5, 0.6) is 0 Å². The monoisotopic (exact) mass is 309 g/mol. The minimum atomic E-state index is -1.05. The second-order valence-corrected chi connectivity index (χ2v) is 6.54. The molecule has 1 unspecified atom stereocenters. The van der Waals surface area contributed by atoms with Crippen molar-refractivity contribution in [3.05, 3.63) is 43.8 Å². The van der Waals surface area contributed by atoms with Gasteiger partial charge in [-0.05, 0) is 36.4 Å². The molecular weight excluding hydrogens is 294 g/mol. The molecule has 0 spiro atoms. The fraction of sp³-hybridized carbons (Fsp3) is 0.286. The van der Waals surface area contributed by atoms with Gasteiger partial charge in [-0.25, -0.2) is 4.79 Å². The molecule has 0 aliphatic rings. The molecule has 1 amide bonds. The summed E-state index contributed by atoms with van der Waals surface area (Å²) < 4.78 is 0. The number of nitrogens with one attached hydrogen (secondary N) is 1. The zero-order valence-electron chi connectivity index (χ0n) is 11.2. The van der Waals surface area contributed by atoms with Gasteiger partial charge in [-0.1, -0.05) is 13.0 Å². The molecule has 4 nitrogen and oxygen atoms in total. The molecule has 2 aromatic heterocycles. The number of aliphatic carboxylic acids is 1. The van der Waals surface area contributed by atoms with Crippen LogP contribution in [-0.2, 0) is 11.2 Å². The lowest BCUT2D eigenvalue weighted by Gasteiger charge is -2.11. The van der Waals surface area contributed by atoms with Gasteiger partial charge in [-0.15, -0.1) is 22.7 Å². The number of carboxylic acids is 1. The van der Waals surface area contributed by atoms with E-state index in [0.29, 0.717) is 9.75 Å². The van der Waals surface area contributed by atoms with Crippen LogP contribution in [0.15, 0.2) is 23.6 Å². The molecule has 0 aliphatic heterocycles. The smallest absolute Gasteiger partial charge is 0.331 e. The van der Waals surface area contributed by atoms with E-state index in [1.54, 1.807) is 17.5 Å². The van der Waals surface area contributed by atoms with Gasteiger partial charge in [0.05, 0.1) is 4.88 Å². The van der Waals surface area contributed by atoms with E-state index in [0.717, 1.165) is 16.9 Å². The molecule has 2 N–H and O–H groups in total. The van der Waals surface area contributed by atoms with E-state index in [1.807, 2.05) is 19.9 Å². The van der Waals surface area contributed by atoms with Crippen LogP contribution in [0.1, 0.15) is 38.0 Å². The van der Waals surface area contributed by atoms with Gasteiger partial charge in [0.1, 0.15) is 0 Å². The van der Waals surface area contributed by atoms with Crippen LogP contribution in [0, 0.1) is 6.92 Å². The van der Waals surface area contributed by atoms with Crippen LogP contribution in [0.2, 0.25) is 0 Å². The summed E-state index contributed by atoms with van der Waals surface area (Å²) in [6, 6.07) is 4.32. The Balaban J connectivity index is 2.18. The number of carboxylic acid groups (broad SMARTS) is 1. The zero-order chi connectivity index (χ0) is 14.7. The number of hydrogen-bond acceptors (Lipinski definition) is 4. The van der Waals surface area contributed by atoms with Crippen molar-refractivity contribution in [1.29, 1.82) is 0 Å². The van der Waals surface area contributed by atoms with Crippen LogP contribution in [-0.4, -0.2) is 17.0 Å². The maximum atomic E-state index is 12.2. The zero-order valence-corrected chi connectivity index (χ0v) is 12.8. The van der Waals surface area contributed by atoms with Gasteiger partial charge in [0.25, 0.3) is 5.91 Å². The fourth-order valence-corrected chi connectivity index (χ4v) is 3.68. The molecule has 2 heterocycles. The van der Waals surface area contributed by atoms with Crippen LogP contribution >= 0.6 is 22.7 Å². The summed E-state index contributed by atoms with van der Waals surface area (Å²) in [6.07, 6.45) is 0.864. The molecule has 0 saturated heterocycles. The Morgan fingerprint density at radius 2 is 2.20 bits per heavy atom. The summed E-state index contributed by atoms with van der Waals surface area (Å²) in [5.74, 6) is -1.39. The van der Waals surface area contributed by atoms with Crippen LogP contribution in [0.4, 0.5) is 0 Å². The van der Waals surface area contributed by atoms with Gasteiger partial charge in [0.15, 0.2) is 6.04 Å². The first-order chi connectivity index (χ1) is 9.52. The number of thiophene rings is 2. The van der Waals surface area contributed by atoms with Crippen molar-refractivity contribution in [2.45, 2.75) is 26.3 Å². The average molecular weight is 309 g/mol. The third-order valence-corrected chi connectivity index (χ3v) is 5.00. The SMILES string of the molecule is CCc1cc(C(=O)NC(C(=O)O)c2cccs2)sc1C. The highest BCUT2D eigenvalue weighted by molar-refractivity contribution is 7.14. The fourth-order valence-electron chi connectivity index (χ4n) is 1.90. The normalized spacial score (nSPS) is 12.1. The Bertz CT molecular complexity index is 616. The van der Waals surface area contributed by atoms with Crippen molar-refractivity contribution in [3.63, 3.8) is 0 Å². The lowest BCUT2D eigenvalue weighted by atomic mass is 10.2. The summed E-state index contributed by atoms with van der Waals surface area (Å²) in [7, 11) is 0. The Kier molecular flexibility index (Phi) is 4.57. The van der Waals surface area contributed by atoms with Crippen molar-refractivity contribution in [2.75, 3.05) is 0 Å². The molecule has 2 rings (SSSR count). The van der Waals surface area contributed by atoms with Crippen molar-refractivity contribution >= 4 is 34.6 Å². The molecule has 0 bridgehead atoms. The number of amides is 1. The van der Waals surface area contributed by atoms with Crippen LogP contribution in [0.25, 0.3) is 0 Å². The quantitative estimate of drug-likeness (QED) is 0.891. The molecule has 0 fully saturated rings. The molecule has 20 heavy (non-hydrogen) atoms. The number of hydrogen-bond donors (Lipinski definition) is 2. The van der Waals surface area contributed by atoms with E-state index in [-0.39, 0.29) is 5.91 Å². The minimum Gasteiger partial charge on any atom is -0.479 e. The van der Waals surface area contributed by atoms with Crippen molar-refractivity contribution < 1.29 is 14.7 Å². The van der Waals surface area contributed by atoms with E-state index >= 15 is 0 Å². The predicted molar refractivity (Wildman–Crippen MR) is 80.6 cm³/mol. The molecule has 1 atom stereocenters. The van der Waals surface area contributed by atoms with E-state index in [1.165, 1.54) is 22.7 Å². The number of aryl methyl sites for hydroxylation is 2. The standard InChI is InChI=1S/C14H15NO3S2/c1-3-9-7-11(20-8(9)2)13(16)15-12(14(17)18)10-5-4-6-19-10/h4-7,12H,3H2,1-2H3,(H,15,16)(H,17,18). The second kappa shape index (κ2) is 6.19. The molecule has 2 aromatic rings. The van der Waals surface area contributed by atoms with Crippen molar-refractivity contribution in [1.82, 2.24) is 5.32 Å². The van der Waals surface area contributed by atoms with Crippen LogP contribution in [0.3, 0.4) is 0 Å². The average Bonchev–Trinajstić information content (AvgIpc) is 3.04. The highest BCUT2D eigenvalue weighted by Gasteiger charge is 2.24. The molecule has 0 aromatic carbocycles. The Morgan fingerprint density at radius 3 is 2.70 bits per heavy atom. The minimum absolute atomic E-state index is 0.335. The number of rotatable bonds is 5. The van der Waals surface area contributed by atoms with Gasteiger partial charge in [-0.3, -0.25) is 4.79 Å². The molecule has 0 radical (unpaired) electrons. The highest BCUT2D eigenvalue weighted by atomic mass is 32.1. The first-order valence-electron chi connectivity index (χ1n) is 6.19. The molecule has 6 heteroatoms. The van der Waals surface area contributed by atoms with E-state index < -0.39 is 12.0 Å². The van der Waals surface area contributed by atoms with Gasteiger partial charge < -0.3 is 10.4 Å². The summed E-state index contributed by atoms with van der Waals surface area (Å²) in [6.45, 7) is 4.00. The molecular formula is C14H15NO3S2. The number of carbonyl (C=O) groups excluding carboxylic acids is 1. The first-order valence-corrected chi connectivity index (χ1v) is 7.89. The molecule has 106 valence electrons. The van der Waals surface area contributed by atoms with Crippen molar-refractivity contribution in [2.24, 2.45) is 0 Å². The van der Waals surface area contributed by atoms with E-state index in [9.17, 15) is 14.7 Å². The third-order valence-electron chi connectivity index (χ3n) is 2.98. The Labute approximate surface area is 125 Å². The highest BCUT2D eigenvalue weighted by Crippen LogP contribution is 2.24. The van der Waals surface area contributed by atoms with Gasteiger partial charge >= 0.3 is 5.97 Å². The third kappa shape index (κ3) is 3.08. The maximum absolute atomic E-state index is 12.2. The first kappa shape index (κ1) is 14.7. The predicted octanol–water partition coefficient (Wildman–Crippen LogP) is 3.24. The van der Waals surface area contributed by atoms with Crippen molar-refractivity contribution in [3.8, 4) is 0 Å². The van der Waals surface area contributed by atoms with E-state index in [4.69, 9.17) is 0 Å². The number of carbonyl (C=O) groups is 2.